The number of rotatable bonds is 3. The summed E-state index contributed by atoms with van der Waals surface area (Å²) in [5.74, 6) is -0.650. The van der Waals surface area contributed by atoms with Gasteiger partial charge in [-0.05, 0) is 18.2 Å². The lowest BCUT2D eigenvalue weighted by Gasteiger charge is -2.07. The Morgan fingerprint density at radius 2 is 2.00 bits per heavy atom. The van der Waals surface area contributed by atoms with E-state index in [1.165, 1.54) is 18.2 Å². The topological polar surface area (TPSA) is 112 Å². The van der Waals surface area contributed by atoms with Gasteiger partial charge in [-0.15, -0.1) is 0 Å². The number of hydrogen-bond donors (Lipinski definition) is 3. The highest BCUT2D eigenvalue weighted by Gasteiger charge is 2.16. The molecule has 0 aliphatic carbocycles. The number of nitrogens with zero attached hydrogens (tertiary/aromatic N) is 3. The molecule has 6 nitrogen and oxygen atoms in total. The molecule has 1 aromatic carbocycles. The number of nitrogens with one attached hydrogen (secondary N) is 1. The summed E-state index contributed by atoms with van der Waals surface area (Å²) in [5.41, 5.74) is 1.78. The van der Waals surface area contributed by atoms with Crippen LogP contribution >= 0.6 is 0 Å². The summed E-state index contributed by atoms with van der Waals surface area (Å²) in [6.07, 6.45) is 0. The van der Waals surface area contributed by atoms with E-state index in [1.54, 1.807) is 0 Å². The van der Waals surface area contributed by atoms with Crippen LogP contribution in [0.1, 0.15) is 0 Å². The van der Waals surface area contributed by atoms with Crippen LogP contribution in [-0.4, -0.2) is 22.9 Å². The Bertz CT molecular complexity index is 517. The van der Waals surface area contributed by atoms with E-state index in [2.05, 4.69) is 10.5 Å². The monoisotopic (exact) mass is 232 g/mol. The first-order valence-electron chi connectivity index (χ1n) is 4.38. The standard InChI is InChI=1S/C9H6BFN4O2/c11-6-1-2-9(8(3-6)10(16)17)15-14-7(4-12)5-13/h1-3,15-17H. The molecule has 0 heterocycles. The van der Waals surface area contributed by atoms with Crippen molar-refractivity contribution in [3.63, 3.8) is 0 Å². The number of hydrogen-bond acceptors (Lipinski definition) is 6. The second-order valence-corrected chi connectivity index (χ2v) is 2.90. The Morgan fingerprint density at radius 3 is 2.53 bits per heavy atom. The Hall–Kier alpha value is -2.42. The molecular formula is C9H6BFN4O2. The molecule has 0 atom stereocenters. The average Bonchev–Trinajstić information content (AvgIpc) is 2.31. The van der Waals surface area contributed by atoms with Crippen LogP contribution in [0.5, 0.6) is 0 Å². The maximum atomic E-state index is 12.8. The first kappa shape index (κ1) is 12.7. The van der Waals surface area contributed by atoms with Crippen molar-refractivity contribution in [2.75, 3.05) is 5.43 Å². The maximum Gasteiger partial charge on any atom is 0.490 e. The van der Waals surface area contributed by atoms with Gasteiger partial charge in [0.05, 0.1) is 5.69 Å². The lowest BCUT2D eigenvalue weighted by molar-refractivity contribution is 0.425. The van der Waals surface area contributed by atoms with E-state index in [4.69, 9.17) is 20.6 Å². The van der Waals surface area contributed by atoms with E-state index in [1.807, 2.05) is 0 Å². The highest BCUT2D eigenvalue weighted by atomic mass is 19.1. The van der Waals surface area contributed by atoms with Gasteiger partial charge in [-0.1, -0.05) is 0 Å². The summed E-state index contributed by atoms with van der Waals surface area (Å²) in [6.45, 7) is 0. The van der Waals surface area contributed by atoms with Gasteiger partial charge in [-0.2, -0.15) is 15.6 Å². The first-order valence-corrected chi connectivity index (χ1v) is 4.38. The van der Waals surface area contributed by atoms with Crippen molar-refractivity contribution in [2.24, 2.45) is 5.10 Å². The summed E-state index contributed by atoms with van der Waals surface area (Å²) >= 11 is 0. The first-order chi connectivity index (χ1) is 8.08. The molecule has 0 saturated heterocycles. The molecule has 8 heteroatoms. The van der Waals surface area contributed by atoms with Crippen LogP contribution in [0, 0.1) is 28.5 Å². The van der Waals surface area contributed by atoms with E-state index >= 15 is 0 Å². The van der Waals surface area contributed by atoms with E-state index in [0.717, 1.165) is 12.1 Å². The predicted molar refractivity (Wildman–Crippen MR) is 58.5 cm³/mol. The second-order valence-electron chi connectivity index (χ2n) is 2.90. The molecule has 1 aromatic rings. The molecule has 0 aromatic heterocycles. The Kier molecular flexibility index (Phi) is 4.18. The maximum absolute atomic E-state index is 12.8. The van der Waals surface area contributed by atoms with Crippen molar-refractivity contribution in [1.82, 2.24) is 0 Å². The molecule has 0 aliphatic heterocycles. The molecule has 3 N–H and O–H groups in total. The fraction of sp³-hybridized carbons (Fsp3) is 0. The Labute approximate surface area is 96.4 Å². The van der Waals surface area contributed by atoms with Crippen molar-refractivity contribution in [3.8, 4) is 12.1 Å². The molecule has 84 valence electrons. The zero-order valence-electron chi connectivity index (χ0n) is 8.42. The summed E-state index contributed by atoms with van der Waals surface area (Å²) in [4.78, 5) is 0. The molecule has 0 amide bonds. The summed E-state index contributed by atoms with van der Waals surface area (Å²) in [6, 6.07) is 6.20. The minimum Gasteiger partial charge on any atom is -0.423 e. The highest BCUT2D eigenvalue weighted by Crippen LogP contribution is 2.06. The van der Waals surface area contributed by atoms with Crippen LogP contribution in [0.2, 0.25) is 0 Å². The van der Waals surface area contributed by atoms with Gasteiger partial charge in [0.25, 0.3) is 0 Å². The van der Waals surface area contributed by atoms with Gasteiger partial charge in [0.1, 0.15) is 18.0 Å². The smallest absolute Gasteiger partial charge is 0.423 e. The average molecular weight is 232 g/mol. The Balaban J connectivity index is 3.04. The fourth-order valence-corrected chi connectivity index (χ4v) is 1.04. The number of anilines is 1. The van der Waals surface area contributed by atoms with Crippen LogP contribution in [0.3, 0.4) is 0 Å². The largest absolute Gasteiger partial charge is 0.490 e. The molecule has 0 spiro atoms. The van der Waals surface area contributed by atoms with Crippen molar-refractivity contribution in [2.45, 2.75) is 0 Å². The number of nitriles is 2. The summed E-state index contributed by atoms with van der Waals surface area (Å²) in [5, 5.41) is 38.2. The van der Waals surface area contributed by atoms with Crippen LogP contribution in [0.4, 0.5) is 10.1 Å². The molecule has 0 saturated carbocycles. The lowest BCUT2D eigenvalue weighted by atomic mass is 9.79. The molecule has 0 fully saturated rings. The van der Waals surface area contributed by atoms with Crippen LogP contribution in [-0.2, 0) is 0 Å². The fourth-order valence-electron chi connectivity index (χ4n) is 1.04. The number of benzene rings is 1. The van der Waals surface area contributed by atoms with Crippen molar-refractivity contribution < 1.29 is 14.4 Å². The van der Waals surface area contributed by atoms with E-state index in [9.17, 15) is 4.39 Å². The van der Waals surface area contributed by atoms with Crippen LogP contribution in [0.15, 0.2) is 23.3 Å². The third-order valence-corrected chi connectivity index (χ3v) is 1.79. The SMILES string of the molecule is N#CC(C#N)=NNc1ccc(F)cc1B(O)O. The van der Waals surface area contributed by atoms with Gasteiger partial charge in [-0.25, -0.2) is 4.39 Å². The van der Waals surface area contributed by atoms with E-state index in [-0.39, 0.29) is 11.2 Å². The van der Waals surface area contributed by atoms with E-state index < -0.39 is 18.6 Å². The molecule has 0 aliphatic rings. The number of halogens is 1. The zero-order valence-corrected chi connectivity index (χ0v) is 8.42. The van der Waals surface area contributed by atoms with Crippen molar-refractivity contribution >= 4 is 24.0 Å². The molecule has 0 radical (unpaired) electrons. The molecule has 1 rings (SSSR count). The van der Waals surface area contributed by atoms with Gasteiger partial charge in [0.2, 0.25) is 5.71 Å². The van der Waals surface area contributed by atoms with Crippen molar-refractivity contribution in [3.05, 3.63) is 24.0 Å². The van der Waals surface area contributed by atoms with Gasteiger partial charge in [-0.3, -0.25) is 5.43 Å². The van der Waals surface area contributed by atoms with Gasteiger partial charge in [0, 0.05) is 5.46 Å². The predicted octanol–water partition coefficient (Wildman–Crippen LogP) is -0.679. The summed E-state index contributed by atoms with van der Waals surface area (Å²) < 4.78 is 12.8. The quantitative estimate of drug-likeness (QED) is 0.363. The van der Waals surface area contributed by atoms with Gasteiger partial charge in [0.15, 0.2) is 0 Å². The third kappa shape index (κ3) is 3.28. The van der Waals surface area contributed by atoms with Crippen LogP contribution < -0.4 is 10.9 Å². The zero-order chi connectivity index (χ0) is 12.8. The second kappa shape index (κ2) is 5.61. The molecule has 17 heavy (non-hydrogen) atoms. The lowest BCUT2D eigenvalue weighted by Crippen LogP contribution is -2.32. The molecule has 0 unspecified atom stereocenters. The normalized spacial score (nSPS) is 8.76. The van der Waals surface area contributed by atoms with E-state index in [0.29, 0.717) is 0 Å². The Morgan fingerprint density at radius 1 is 1.35 bits per heavy atom. The highest BCUT2D eigenvalue weighted by molar-refractivity contribution is 6.60. The van der Waals surface area contributed by atoms with Gasteiger partial charge >= 0.3 is 7.12 Å². The molecule has 0 bridgehead atoms. The third-order valence-electron chi connectivity index (χ3n) is 1.79. The minimum atomic E-state index is -1.89. The van der Waals surface area contributed by atoms with Crippen molar-refractivity contribution in [1.29, 1.82) is 10.5 Å². The van der Waals surface area contributed by atoms with Gasteiger partial charge < -0.3 is 10.0 Å². The summed E-state index contributed by atoms with van der Waals surface area (Å²) in [7, 11) is -1.89. The minimum absolute atomic E-state index is 0.0874. The number of hydrazone groups is 1. The van der Waals surface area contributed by atoms with Crippen LogP contribution in [0.25, 0.3) is 0 Å². The molecular weight excluding hydrogens is 226 g/mol.